The molecule has 1 heterocycles. The van der Waals surface area contributed by atoms with Gasteiger partial charge in [0.05, 0.1) is 6.20 Å². The molecule has 0 radical (unpaired) electrons. The first-order chi connectivity index (χ1) is 12.0. The van der Waals surface area contributed by atoms with E-state index in [1.165, 1.54) is 16.7 Å². The Hall–Kier alpha value is -2.14. The number of fused-ring (bicyclic) bond motifs is 1. The molecular weight excluding hydrogens is 312 g/mol. The van der Waals surface area contributed by atoms with E-state index in [1.807, 2.05) is 25.2 Å². The summed E-state index contributed by atoms with van der Waals surface area (Å²) in [6, 6.07) is 8.44. The van der Waals surface area contributed by atoms with Crippen molar-refractivity contribution in [1.82, 2.24) is 20.0 Å². The molecule has 5 nitrogen and oxygen atoms in total. The molecule has 0 bridgehead atoms. The second-order valence-corrected chi connectivity index (χ2v) is 7.37. The van der Waals surface area contributed by atoms with Gasteiger partial charge in [-0.25, -0.2) is 0 Å². The van der Waals surface area contributed by atoms with Crippen molar-refractivity contribution in [3.05, 3.63) is 52.8 Å². The van der Waals surface area contributed by atoms with Gasteiger partial charge in [0.1, 0.15) is 0 Å². The first kappa shape index (κ1) is 17.7. The molecule has 1 atom stereocenters. The van der Waals surface area contributed by atoms with Crippen molar-refractivity contribution in [2.24, 2.45) is 5.92 Å². The number of H-pyrrole nitrogens is 1. The molecule has 134 valence electrons. The maximum Gasteiger partial charge on any atom is 0.226 e. The van der Waals surface area contributed by atoms with Gasteiger partial charge in [0.15, 0.2) is 0 Å². The standard InChI is InChI=1S/C20H28N4O/c1-15-5-4-6-16(11-15)14-24(10-9-23(2)3)20(25)17-7-8-18-13-21-22-19(18)12-17/h4-6,11,13,17H,7-10,12,14H2,1-3H3,(H,21,22). The summed E-state index contributed by atoms with van der Waals surface area (Å²) in [5, 5.41) is 7.18. The van der Waals surface area contributed by atoms with Crippen molar-refractivity contribution < 1.29 is 4.79 Å². The molecule has 0 saturated carbocycles. The molecule has 1 aliphatic carbocycles. The van der Waals surface area contributed by atoms with Crippen LogP contribution in [0.25, 0.3) is 0 Å². The number of likely N-dealkylation sites (N-methyl/N-ethyl adjacent to an activating group) is 1. The molecule has 0 aliphatic heterocycles. The van der Waals surface area contributed by atoms with Gasteiger partial charge in [-0.05, 0) is 45.0 Å². The summed E-state index contributed by atoms with van der Waals surface area (Å²) in [7, 11) is 4.10. The van der Waals surface area contributed by atoms with E-state index >= 15 is 0 Å². The highest BCUT2D eigenvalue weighted by molar-refractivity contribution is 5.79. The van der Waals surface area contributed by atoms with Crippen molar-refractivity contribution in [3.63, 3.8) is 0 Å². The molecule has 3 rings (SSSR count). The van der Waals surface area contributed by atoms with Crippen molar-refractivity contribution in [2.75, 3.05) is 27.2 Å². The first-order valence-electron chi connectivity index (χ1n) is 9.03. The minimum Gasteiger partial charge on any atom is -0.337 e. The normalized spacial score (nSPS) is 16.7. The third-order valence-corrected chi connectivity index (χ3v) is 4.95. The van der Waals surface area contributed by atoms with Crippen molar-refractivity contribution in [1.29, 1.82) is 0 Å². The zero-order chi connectivity index (χ0) is 17.8. The van der Waals surface area contributed by atoms with Crippen LogP contribution in [0, 0.1) is 12.8 Å². The highest BCUT2D eigenvalue weighted by atomic mass is 16.2. The number of nitrogens with one attached hydrogen (secondary N) is 1. The van der Waals surface area contributed by atoms with Crippen LogP contribution in [0.4, 0.5) is 0 Å². The molecule has 1 aromatic carbocycles. The van der Waals surface area contributed by atoms with E-state index in [4.69, 9.17) is 0 Å². The van der Waals surface area contributed by atoms with Gasteiger partial charge >= 0.3 is 0 Å². The minimum absolute atomic E-state index is 0.0555. The van der Waals surface area contributed by atoms with E-state index in [2.05, 4.69) is 46.3 Å². The predicted molar refractivity (Wildman–Crippen MR) is 99.3 cm³/mol. The Morgan fingerprint density at radius 2 is 2.16 bits per heavy atom. The Morgan fingerprint density at radius 3 is 2.92 bits per heavy atom. The summed E-state index contributed by atoms with van der Waals surface area (Å²) in [5.74, 6) is 0.323. The maximum atomic E-state index is 13.2. The second-order valence-electron chi connectivity index (χ2n) is 7.37. The molecular formula is C20H28N4O. The van der Waals surface area contributed by atoms with E-state index in [-0.39, 0.29) is 11.8 Å². The lowest BCUT2D eigenvalue weighted by Gasteiger charge is -2.30. The lowest BCUT2D eigenvalue weighted by molar-refractivity contribution is -0.136. The fourth-order valence-electron chi connectivity index (χ4n) is 3.50. The molecule has 5 heteroatoms. The van der Waals surface area contributed by atoms with Crippen LogP contribution in [-0.2, 0) is 24.2 Å². The van der Waals surface area contributed by atoms with Crippen LogP contribution in [0.5, 0.6) is 0 Å². The third-order valence-electron chi connectivity index (χ3n) is 4.95. The molecule has 2 aromatic rings. The number of rotatable bonds is 6. The molecule has 1 aromatic heterocycles. The highest BCUT2D eigenvalue weighted by Crippen LogP contribution is 2.25. The topological polar surface area (TPSA) is 52.2 Å². The number of carbonyl (C=O) groups excluding carboxylic acids is 1. The summed E-state index contributed by atoms with van der Waals surface area (Å²) >= 11 is 0. The van der Waals surface area contributed by atoms with Crippen LogP contribution in [0.2, 0.25) is 0 Å². The van der Waals surface area contributed by atoms with Crippen LogP contribution < -0.4 is 0 Å². The number of aromatic nitrogens is 2. The van der Waals surface area contributed by atoms with Gasteiger partial charge in [0.2, 0.25) is 5.91 Å². The Labute approximate surface area is 150 Å². The molecule has 0 saturated heterocycles. The van der Waals surface area contributed by atoms with Gasteiger partial charge in [-0.2, -0.15) is 5.10 Å². The smallest absolute Gasteiger partial charge is 0.226 e. The minimum atomic E-state index is 0.0555. The van der Waals surface area contributed by atoms with E-state index in [0.717, 1.165) is 38.0 Å². The van der Waals surface area contributed by atoms with Gasteiger partial charge in [-0.15, -0.1) is 0 Å². The zero-order valence-corrected chi connectivity index (χ0v) is 15.5. The Morgan fingerprint density at radius 1 is 1.32 bits per heavy atom. The van der Waals surface area contributed by atoms with Crippen LogP contribution >= 0.6 is 0 Å². The summed E-state index contributed by atoms with van der Waals surface area (Å²) in [6.07, 6.45) is 4.53. The summed E-state index contributed by atoms with van der Waals surface area (Å²) < 4.78 is 0. The number of benzene rings is 1. The summed E-state index contributed by atoms with van der Waals surface area (Å²) in [4.78, 5) is 17.4. The van der Waals surface area contributed by atoms with Gasteiger partial charge in [-0.1, -0.05) is 29.8 Å². The molecule has 1 N–H and O–H groups in total. The van der Waals surface area contributed by atoms with Crippen LogP contribution in [0.1, 0.15) is 28.8 Å². The van der Waals surface area contributed by atoms with E-state index in [1.54, 1.807) is 0 Å². The number of aromatic amines is 1. The molecule has 1 unspecified atom stereocenters. The fourth-order valence-corrected chi connectivity index (χ4v) is 3.50. The summed E-state index contributed by atoms with van der Waals surface area (Å²) in [6.45, 7) is 4.41. The average Bonchev–Trinajstić information content (AvgIpc) is 3.05. The number of aryl methyl sites for hydroxylation is 2. The predicted octanol–water partition coefficient (Wildman–Crippen LogP) is 2.41. The zero-order valence-electron chi connectivity index (χ0n) is 15.5. The molecule has 0 spiro atoms. The number of carbonyl (C=O) groups is 1. The average molecular weight is 340 g/mol. The lowest BCUT2D eigenvalue weighted by atomic mass is 9.87. The molecule has 0 fully saturated rings. The van der Waals surface area contributed by atoms with Gasteiger partial charge in [-0.3, -0.25) is 9.89 Å². The molecule has 1 aliphatic rings. The quantitative estimate of drug-likeness (QED) is 0.879. The largest absolute Gasteiger partial charge is 0.337 e. The Balaban J connectivity index is 1.72. The summed E-state index contributed by atoms with van der Waals surface area (Å²) in [5.41, 5.74) is 4.83. The van der Waals surface area contributed by atoms with E-state index in [9.17, 15) is 4.79 Å². The van der Waals surface area contributed by atoms with Crippen LogP contribution in [-0.4, -0.2) is 53.1 Å². The van der Waals surface area contributed by atoms with Gasteiger partial charge in [0, 0.05) is 37.7 Å². The number of nitrogens with zero attached hydrogens (tertiary/aromatic N) is 3. The van der Waals surface area contributed by atoms with E-state index < -0.39 is 0 Å². The number of hydrogen-bond acceptors (Lipinski definition) is 3. The number of hydrogen-bond donors (Lipinski definition) is 1. The van der Waals surface area contributed by atoms with Crippen LogP contribution in [0.3, 0.4) is 0 Å². The van der Waals surface area contributed by atoms with E-state index in [0.29, 0.717) is 6.54 Å². The number of amides is 1. The van der Waals surface area contributed by atoms with Crippen molar-refractivity contribution in [2.45, 2.75) is 32.7 Å². The first-order valence-corrected chi connectivity index (χ1v) is 9.03. The molecule has 1 amide bonds. The third kappa shape index (κ3) is 4.48. The van der Waals surface area contributed by atoms with Crippen LogP contribution in [0.15, 0.2) is 30.5 Å². The maximum absolute atomic E-state index is 13.2. The lowest BCUT2D eigenvalue weighted by Crippen LogP contribution is -2.41. The van der Waals surface area contributed by atoms with Gasteiger partial charge in [0.25, 0.3) is 0 Å². The Bertz CT molecular complexity index is 722. The Kier molecular flexibility index (Phi) is 5.53. The van der Waals surface area contributed by atoms with Crippen molar-refractivity contribution in [3.8, 4) is 0 Å². The highest BCUT2D eigenvalue weighted by Gasteiger charge is 2.29. The fraction of sp³-hybridized carbons (Fsp3) is 0.500. The second kappa shape index (κ2) is 7.83. The molecule has 25 heavy (non-hydrogen) atoms. The van der Waals surface area contributed by atoms with Gasteiger partial charge < -0.3 is 9.80 Å². The SMILES string of the molecule is Cc1cccc(CN(CCN(C)C)C(=O)C2CCc3cn[nH]c3C2)c1. The monoisotopic (exact) mass is 340 g/mol. The van der Waals surface area contributed by atoms with Crippen molar-refractivity contribution >= 4 is 5.91 Å².